The summed E-state index contributed by atoms with van der Waals surface area (Å²) in [6.07, 6.45) is -3.65. The Hall–Kier alpha value is -2.78. The summed E-state index contributed by atoms with van der Waals surface area (Å²) in [6.45, 7) is -1.55. The minimum atomic E-state index is -4.54. The molecular formula is C14H8F6N2O2. The van der Waals surface area contributed by atoms with Crippen LogP contribution in [-0.4, -0.2) is 23.7 Å². The van der Waals surface area contributed by atoms with Crippen molar-refractivity contribution in [2.75, 3.05) is 11.9 Å². The number of anilines is 1. The zero-order valence-corrected chi connectivity index (χ0v) is 11.6. The number of halogens is 6. The van der Waals surface area contributed by atoms with Crippen LogP contribution < -0.4 is 10.1 Å². The van der Waals surface area contributed by atoms with E-state index in [-0.39, 0.29) is 11.4 Å². The van der Waals surface area contributed by atoms with Gasteiger partial charge in [-0.05, 0) is 18.2 Å². The average molecular weight is 350 g/mol. The molecule has 0 radical (unpaired) electrons. The number of aromatic nitrogens is 1. The number of rotatable bonds is 4. The number of hydrogen-bond acceptors (Lipinski definition) is 3. The zero-order valence-electron chi connectivity index (χ0n) is 11.6. The summed E-state index contributed by atoms with van der Waals surface area (Å²) in [5.41, 5.74) is -0.755. The lowest BCUT2D eigenvalue weighted by atomic mass is 10.2. The van der Waals surface area contributed by atoms with Crippen molar-refractivity contribution in [1.29, 1.82) is 0 Å². The zero-order chi connectivity index (χ0) is 17.9. The molecule has 0 aliphatic carbocycles. The third-order valence-corrected chi connectivity index (χ3v) is 2.67. The Labute approximate surface area is 131 Å². The van der Waals surface area contributed by atoms with Gasteiger partial charge in [-0.1, -0.05) is 0 Å². The molecule has 2 aromatic rings. The number of nitrogens with one attached hydrogen (secondary N) is 1. The molecular weight excluding hydrogens is 342 g/mol. The standard InChI is InChI=1S/C14H8F6N2O2/c15-8-2-3-9(12(17)11(8)16)22-13(23)7-1-4-10(21-5-7)24-6-14(18,19)20/h1-5H,6H2,(H,22,23). The van der Waals surface area contributed by atoms with Crippen LogP contribution in [0, 0.1) is 17.5 Å². The molecule has 1 aromatic carbocycles. The Morgan fingerprint density at radius 1 is 1.08 bits per heavy atom. The van der Waals surface area contributed by atoms with E-state index >= 15 is 0 Å². The van der Waals surface area contributed by atoms with Crippen molar-refractivity contribution in [3.63, 3.8) is 0 Å². The lowest BCUT2D eigenvalue weighted by Gasteiger charge is -2.09. The highest BCUT2D eigenvalue weighted by Gasteiger charge is 2.28. The Balaban J connectivity index is 2.07. The van der Waals surface area contributed by atoms with Gasteiger partial charge < -0.3 is 10.1 Å². The quantitative estimate of drug-likeness (QED) is 0.676. The van der Waals surface area contributed by atoms with Crippen molar-refractivity contribution in [3.05, 3.63) is 53.5 Å². The van der Waals surface area contributed by atoms with Crippen molar-refractivity contribution >= 4 is 11.6 Å². The van der Waals surface area contributed by atoms with Gasteiger partial charge in [-0.3, -0.25) is 4.79 Å². The fourth-order valence-corrected chi connectivity index (χ4v) is 1.57. The maximum Gasteiger partial charge on any atom is 0.422 e. The third-order valence-electron chi connectivity index (χ3n) is 2.67. The number of carbonyl (C=O) groups excluding carboxylic acids is 1. The highest BCUT2D eigenvalue weighted by Crippen LogP contribution is 2.21. The Bertz CT molecular complexity index is 746. The second kappa shape index (κ2) is 6.77. The van der Waals surface area contributed by atoms with Crippen LogP contribution in [-0.2, 0) is 0 Å². The molecule has 0 aliphatic heterocycles. The van der Waals surface area contributed by atoms with E-state index in [4.69, 9.17) is 0 Å². The van der Waals surface area contributed by atoms with Crippen molar-refractivity contribution < 1.29 is 35.9 Å². The number of benzene rings is 1. The van der Waals surface area contributed by atoms with Gasteiger partial charge in [-0.2, -0.15) is 13.2 Å². The first-order valence-corrected chi connectivity index (χ1v) is 6.28. The summed E-state index contributed by atoms with van der Waals surface area (Å²) in [5, 5.41) is 1.99. The highest BCUT2D eigenvalue weighted by atomic mass is 19.4. The number of pyridine rings is 1. The van der Waals surface area contributed by atoms with Crippen LogP contribution in [0.5, 0.6) is 5.88 Å². The molecule has 1 amide bonds. The average Bonchev–Trinajstić information content (AvgIpc) is 2.53. The summed E-state index contributed by atoms with van der Waals surface area (Å²) < 4.78 is 79.6. The molecule has 0 aliphatic rings. The summed E-state index contributed by atoms with van der Waals surface area (Å²) in [5.74, 6) is -6.04. The van der Waals surface area contributed by atoms with Gasteiger partial charge in [0.25, 0.3) is 5.91 Å². The molecule has 0 saturated carbocycles. The largest absolute Gasteiger partial charge is 0.468 e. The predicted octanol–water partition coefficient (Wildman–Crippen LogP) is 3.69. The number of carbonyl (C=O) groups is 1. The van der Waals surface area contributed by atoms with Crippen molar-refractivity contribution in [3.8, 4) is 5.88 Å². The smallest absolute Gasteiger partial charge is 0.422 e. The minimum absolute atomic E-state index is 0.154. The fourth-order valence-electron chi connectivity index (χ4n) is 1.57. The molecule has 24 heavy (non-hydrogen) atoms. The lowest BCUT2D eigenvalue weighted by Crippen LogP contribution is -2.20. The predicted molar refractivity (Wildman–Crippen MR) is 70.1 cm³/mol. The minimum Gasteiger partial charge on any atom is -0.468 e. The summed E-state index contributed by atoms with van der Waals surface area (Å²) >= 11 is 0. The maximum atomic E-state index is 13.4. The van der Waals surface area contributed by atoms with Gasteiger partial charge in [-0.15, -0.1) is 0 Å². The summed E-state index contributed by atoms with van der Waals surface area (Å²) in [7, 11) is 0. The van der Waals surface area contributed by atoms with E-state index in [1.807, 2.05) is 5.32 Å². The van der Waals surface area contributed by atoms with Crippen LogP contribution in [0.3, 0.4) is 0 Å². The fraction of sp³-hybridized carbons (Fsp3) is 0.143. The first-order valence-electron chi connectivity index (χ1n) is 6.28. The molecule has 0 bridgehead atoms. The van der Waals surface area contributed by atoms with E-state index in [0.29, 0.717) is 6.07 Å². The molecule has 0 spiro atoms. The lowest BCUT2D eigenvalue weighted by molar-refractivity contribution is -0.154. The Morgan fingerprint density at radius 2 is 1.79 bits per heavy atom. The van der Waals surface area contributed by atoms with Gasteiger partial charge in [0.2, 0.25) is 5.88 Å². The van der Waals surface area contributed by atoms with E-state index < -0.39 is 41.8 Å². The maximum absolute atomic E-state index is 13.4. The third kappa shape index (κ3) is 4.37. The molecule has 0 unspecified atom stereocenters. The second-order valence-corrected chi connectivity index (χ2v) is 4.47. The van der Waals surface area contributed by atoms with Gasteiger partial charge in [0.05, 0.1) is 11.3 Å². The summed E-state index contributed by atoms with van der Waals surface area (Å²) in [6, 6.07) is 3.52. The van der Waals surface area contributed by atoms with Crippen LogP contribution >= 0.6 is 0 Å². The van der Waals surface area contributed by atoms with Crippen LogP contribution in [0.2, 0.25) is 0 Å². The Kier molecular flexibility index (Phi) is 4.96. The molecule has 0 atom stereocenters. The molecule has 1 aromatic heterocycles. The van der Waals surface area contributed by atoms with E-state index in [2.05, 4.69) is 9.72 Å². The number of alkyl halides is 3. The second-order valence-electron chi connectivity index (χ2n) is 4.47. The topological polar surface area (TPSA) is 51.2 Å². The van der Waals surface area contributed by atoms with E-state index in [1.165, 1.54) is 0 Å². The van der Waals surface area contributed by atoms with E-state index in [9.17, 15) is 31.1 Å². The monoisotopic (exact) mass is 350 g/mol. The van der Waals surface area contributed by atoms with Crippen LogP contribution in [0.15, 0.2) is 30.5 Å². The van der Waals surface area contributed by atoms with Gasteiger partial charge in [0.15, 0.2) is 24.1 Å². The molecule has 4 nitrogen and oxygen atoms in total. The van der Waals surface area contributed by atoms with Crippen LogP contribution in [0.25, 0.3) is 0 Å². The number of amides is 1. The first kappa shape index (κ1) is 17.6. The highest BCUT2D eigenvalue weighted by molar-refractivity contribution is 6.04. The number of ether oxygens (including phenoxy) is 1. The number of hydrogen-bond donors (Lipinski definition) is 1. The van der Waals surface area contributed by atoms with Crippen molar-refractivity contribution in [2.24, 2.45) is 0 Å². The van der Waals surface area contributed by atoms with Gasteiger partial charge in [0.1, 0.15) is 0 Å². The van der Waals surface area contributed by atoms with E-state index in [1.54, 1.807) is 0 Å². The molecule has 0 fully saturated rings. The molecule has 0 saturated heterocycles. The van der Waals surface area contributed by atoms with Crippen molar-refractivity contribution in [2.45, 2.75) is 6.18 Å². The number of nitrogens with zero attached hydrogens (tertiary/aromatic N) is 1. The van der Waals surface area contributed by atoms with Crippen molar-refractivity contribution in [1.82, 2.24) is 4.98 Å². The molecule has 1 N–H and O–H groups in total. The molecule has 10 heteroatoms. The summed E-state index contributed by atoms with van der Waals surface area (Å²) in [4.78, 5) is 15.3. The van der Waals surface area contributed by atoms with E-state index in [0.717, 1.165) is 24.4 Å². The van der Waals surface area contributed by atoms with Gasteiger partial charge in [-0.25, -0.2) is 18.2 Å². The first-order chi connectivity index (χ1) is 11.2. The molecule has 1 heterocycles. The normalized spacial score (nSPS) is 11.2. The van der Waals surface area contributed by atoms with Crippen LogP contribution in [0.4, 0.5) is 32.0 Å². The Morgan fingerprint density at radius 3 is 2.38 bits per heavy atom. The van der Waals surface area contributed by atoms with Crippen LogP contribution in [0.1, 0.15) is 10.4 Å². The molecule has 128 valence electrons. The molecule has 2 rings (SSSR count). The van der Waals surface area contributed by atoms with Gasteiger partial charge >= 0.3 is 6.18 Å². The van der Waals surface area contributed by atoms with Gasteiger partial charge in [0, 0.05) is 12.3 Å². The SMILES string of the molecule is O=C(Nc1ccc(F)c(F)c1F)c1ccc(OCC(F)(F)F)nc1.